The van der Waals surface area contributed by atoms with Crippen LogP contribution in [0, 0.1) is 17.3 Å². The Morgan fingerprint density at radius 2 is 1.89 bits per heavy atom. The number of hydrogen-bond donors (Lipinski definition) is 0. The minimum atomic E-state index is -4.64. The Labute approximate surface area is 104 Å². The van der Waals surface area contributed by atoms with Gasteiger partial charge >= 0.3 is 6.18 Å². The van der Waals surface area contributed by atoms with Crippen LogP contribution in [0.3, 0.4) is 0 Å². The minimum absolute atomic E-state index is 0.0439. The maximum absolute atomic E-state index is 13.2. The van der Waals surface area contributed by atoms with Crippen molar-refractivity contribution in [2.24, 2.45) is 0 Å². The molecule has 0 spiro atoms. The molecule has 2 rings (SSSR count). The molecule has 0 amide bonds. The van der Waals surface area contributed by atoms with Gasteiger partial charge in [-0.1, -0.05) is 0 Å². The summed E-state index contributed by atoms with van der Waals surface area (Å²) in [5.74, 6) is -2.15. The highest BCUT2D eigenvalue weighted by Crippen LogP contribution is 2.25. The van der Waals surface area contributed by atoms with Crippen LogP contribution in [0.15, 0.2) is 18.6 Å². The standard InChI is InChI=1S/C10H5F4N5/c11-8-6(1-2-15)5-19(18-8)7-3-16-9(17-4-7)10(12,13)14/h3-5H,1H2. The Kier molecular flexibility index (Phi) is 3.16. The highest BCUT2D eigenvalue weighted by Gasteiger charge is 2.34. The first kappa shape index (κ1) is 12.9. The zero-order valence-corrected chi connectivity index (χ0v) is 9.19. The fourth-order valence-corrected chi connectivity index (χ4v) is 1.31. The van der Waals surface area contributed by atoms with Crippen molar-refractivity contribution in [2.75, 3.05) is 0 Å². The molecule has 0 atom stereocenters. The molecular formula is C10H5F4N5. The molecular weight excluding hydrogens is 266 g/mol. The average molecular weight is 271 g/mol. The number of alkyl halides is 3. The van der Waals surface area contributed by atoms with Crippen molar-refractivity contribution in [1.82, 2.24) is 19.7 Å². The summed E-state index contributed by atoms with van der Waals surface area (Å²) in [6.45, 7) is 0. The van der Waals surface area contributed by atoms with Crippen LogP contribution in [0.25, 0.3) is 5.69 Å². The van der Waals surface area contributed by atoms with Crippen molar-refractivity contribution in [3.05, 3.63) is 35.9 Å². The second kappa shape index (κ2) is 4.64. The molecule has 0 N–H and O–H groups in total. The second-order valence-corrected chi connectivity index (χ2v) is 3.49. The molecule has 0 saturated carbocycles. The normalized spacial score (nSPS) is 11.3. The summed E-state index contributed by atoms with van der Waals surface area (Å²) >= 11 is 0. The van der Waals surface area contributed by atoms with Crippen molar-refractivity contribution in [3.63, 3.8) is 0 Å². The number of nitriles is 1. The summed E-state index contributed by atoms with van der Waals surface area (Å²) in [6.07, 6.45) is -1.88. The van der Waals surface area contributed by atoms with E-state index in [1.165, 1.54) is 6.20 Å². The summed E-state index contributed by atoms with van der Waals surface area (Å²) in [5.41, 5.74) is 0.110. The molecule has 0 radical (unpaired) electrons. The fraction of sp³-hybridized carbons (Fsp3) is 0.200. The number of nitrogens with zero attached hydrogens (tertiary/aromatic N) is 5. The summed E-state index contributed by atoms with van der Waals surface area (Å²) in [4.78, 5) is 6.25. The third-order valence-electron chi connectivity index (χ3n) is 2.16. The molecule has 0 aromatic carbocycles. The van der Waals surface area contributed by atoms with Crippen molar-refractivity contribution in [3.8, 4) is 11.8 Å². The Hall–Kier alpha value is -2.50. The van der Waals surface area contributed by atoms with Gasteiger partial charge in [0, 0.05) is 11.8 Å². The van der Waals surface area contributed by atoms with Gasteiger partial charge in [0.05, 0.1) is 24.9 Å². The first-order valence-corrected chi connectivity index (χ1v) is 4.92. The molecule has 0 aliphatic carbocycles. The van der Waals surface area contributed by atoms with E-state index in [-0.39, 0.29) is 17.7 Å². The SMILES string of the molecule is N#CCc1cn(-c2cnc(C(F)(F)F)nc2)nc1F. The largest absolute Gasteiger partial charge is 0.451 e. The molecule has 2 aromatic rings. The molecule has 0 unspecified atom stereocenters. The predicted octanol–water partition coefficient (Wildman–Crippen LogP) is 1.89. The molecule has 9 heteroatoms. The first-order chi connectivity index (χ1) is 8.91. The van der Waals surface area contributed by atoms with Crippen LogP contribution in [0.4, 0.5) is 17.6 Å². The number of hydrogen-bond acceptors (Lipinski definition) is 4. The van der Waals surface area contributed by atoms with Gasteiger partial charge in [-0.25, -0.2) is 14.6 Å². The van der Waals surface area contributed by atoms with Crippen LogP contribution in [0.1, 0.15) is 11.4 Å². The average Bonchev–Trinajstić information content (AvgIpc) is 2.71. The van der Waals surface area contributed by atoms with Gasteiger partial charge in [-0.3, -0.25) is 0 Å². The van der Waals surface area contributed by atoms with E-state index >= 15 is 0 Å². The van der Waals surface area contributed by atoms with Gasteiger partial charge < -0.3 is 0 Å². The Bertz CT molecular complexity index is 623. The summed E-state index contributed by atoms with van der Waals surface area (Å²) in [7, 11) is 0. The van der Waals surface area contributed by atoms with Gasteiger partial charge in [0.25, 0.3) is 0 Å². The Morgan fingerprint density at radius 3 is 2.42 bits per heavy atom. The van der Waals surface area contributed by atoms with Crippen LogP contribution in [0.2, 0.25) is 0 Å². The maximum atomic E-state index is 13.2. The van der Waals surface area contributed by atoms with Crippen LogP contribution in [0.5, 0.6) is 0 Å². The van der Waals surface area contributed by atoms with E-state index in [1.54, 1.807) is 6.07 Å². The Morgan fingerprint density at radius 1 is 1.26 bits per heavy atom. The van der Waals surface area contributed by atoms with E-state index in [1.807, 2.05) is 0 Å². The zero-order valence-electron chi connectivity index (χ0n) is 9.19. The van der Waals surface area contributed by atoms with Gasteiger partial charge in [0.15, 0.2) is 0 Å². The van der Waals surface area contributed by atoms with Gasteiger partial charge in [-0.15, -0.1) is 5.10 Å². The van der Waals surface area contributed by atoms with Crippen LogP contribution < -0.4 is 0 Å². The molecule has 0 saturated heterocycles. The van der Waals surface area contributed by atoms with Gasteiger partial charge in [-0.2, -0.15) is 22.8 Å². The zero-order chi connectivity index (χ0) is 14.0. The van der Waals surface area contributed by atoms with E-state index < -0.39 is 17.9 Å². The predicted molar refractivity (Wildman–Crippen MR) is 53.4 cm³/mol. The highest BCUT2D eigenvalue weighted by molar-refractivity contribution is 5.27. The summed E-state index contributed by atoms with van der Waals surface area (Å²) < 4.78 is 51.0. The van der Waals surface area contributed by atoms with Crippen molar-refractivity contribution >= 4 is 0 Å². The minimum Gasteiger partial charge on any atom is -0.235 e. The van der Waals surface area contributed by atoms with Gasteiger partial charge in [-0.05, 0) is 0 Å². The molecule has 0 aliphatic heterocycles. The Balaban J connectivity index is 2.33. The lowest BCUT2D eigenvalue weighted by molar-refractivity contribution is -0.145. The molecule has 19 heavy (non-hydrogen) atoms. The lowest BCUT2D eigenvalue weighted by atomic mass is 10.3. The van der Waals surface area contributed by atoms with Crippen LogP contribution >= 0.6 is 0 Å². The van der Waals surface area contributed by atoms with E-state index in [0.29, 0.717) is 0 Å². The van der Waals surface area contributed by atoms with Crippen molar-refractivity contribution < 1.29 is 17.6 Å². The molecule has 98 valence electrons. The fourth-order valence-electron chi connectivity index (χ4n) is 1.31. The summed E-state index contributed by atoms with van der Waals surface area (Å²) in [5, 5.41) is 11.9. The second-order valence-electron chi connectivity index (χ2n) is 3.49. The molecule has 0 aliphatic rings. The number of halogens is 4. The number of aromatic nitrogens is 4. The molecule has 2 aromatic heterocycles. The molecule has 0 bridgehead atoms. The summed E-state index contributed by atoms with van der Waals surface area (Å²) in [6, 6.07) is 1.75. The maximum Gasteiger partial charge on any atom is 0.451 e. The van der Waals surface area contributed by atoms with E-state index in [2.05, 4.69) is 15.1 Å². The monoisotopic (exact) mass is 271 g/mol. The van der Waals surface area contributed by atoms with Crippen molar-refractivity contribution in [2.45, 2.75) is 12.6 Å². The third kappa shape index (κ3) is 2.67. The number of rotatable bonds is 2. The quantitative estimate of drug-likeness (QED) is 0.782. The van der Waals surface area contributed by atoms with E-state index in [0.717, 1.165) is 17.1 Å². The third-order valence-corrected chi connectivity index (χ3v) is 2.16. The van der Waals surface area contributed by atoms with Gasteiger partial charge in [0.1, 0.15) is 5.69 Å². The highest BCUT2D eigenvalue weighted by atomic mass is 19.4. The van der Waals surface area contributed by atoms with Crippen molar-refractivity contribution in [1.29, 1.82) is 5.26 Å². The first-order valence-electron chi connectivity index (χ1n) is 4.92. The smallest absolute Gasteiger partial charge is 0.235 e. The van der Waals surface area contributed by atoms with E-state index in [9.17, 15) is 17.6 Å². The molecule has 0 fully saturated rings. The van der Waals surface area contributed by atoms with Crippen LogP contribution in [-0.4, -0.2) is 19.7 Å². The van der Waals surface area contributed by atoms with E-state index in [4.69, 9.17) is 5.26 Å². The lowest BCUT2D eigenvalue weighted by Gasteiger charge is -2.05. The van der Waals surface area contributed by atoms with Crippen LogP contribution in [-0.2, 0) is 12.6 Å². The van der Waals surface area contributed by atoms with Gasteiger partial charge in [0.2, 0.25) is 11.8 Å². The molecule has 2 heterocycles. The topological polar surface area (TPSA) is 67.4 Å². The molecule has 5 nitrogen and oxygen atoms in total. The lowest BCUT2D eigenvalue weighted by Crippen LogP contribution is -2.11.